The molecule has 0 bridgehead atoms. The molecule has 0 saturated carbocycles. The molecular weight excluding hydrogens is 368 g/mol. The maximum atomic E-state index is 12.3. The van der Waals surface area contributed by atoms with Gasteiger partial charge in [0.15, 0.2) is 0 Å². The number of benzene rings is 1. The molecule has 1 saturated heterocycles. The average molecular weight is 401 g/mol. The quantitative estimate of drug-likeness (QED) is 0.119. The summed E-state index contributed by atoms with van der Waals surface area (Å²) in [6.45, 7) is 8.91. The number of hydrogen-bond donors (Lipinski definition) is 0. The van der Waals surface area contributed by atoms with Gasteiger partial charge >= 0.3 is 6.16 Å². The molecule has 2 aliphatic rings. The van der Waals surface area contributed by atoms with E-state index in [-0.39, 0.29) is 18.6 Å². The van der Waals surface area contributed by atoms with Crippen molar-refractivity contribution in [3.63, 3.8) is 0 Å². The molecule has 0 amide bonds. The SMILES string of the molecule is C=COc1cc(CCCCC)cc(OC(=O)OCC2CO2)c1[C@@H]1C=C(C)CCC1. The van der Waals surface area contributed by atoms with Crippen molar-refractivity contribution in [2.75, 3.05) is 13.2 Å². The van der Waals surface area contributed by atoms with Crippen LogP contribution < -0.4 is 9.47 Å². The molecule has 1 fully saturated rings. The van der Waals surface area contributed by atoms with E-state index in [4.69, 9.17) is 18.9 Å². The Labute approximate surface area is 173 Å². The van der Waals surface area contributed by atoms with E-state index in [0.29, 0.717) is 18.1 Å². The largest absolute Gasteiger partial charge is 0.513 e. The molecule has 0 spiro atoms. The molecule has 1 aliphatic carbocycles. The summed E-state index contributed by atoms with van der Waals surface area (Å²) in [7, 11) is 0. The minimum Gasteiger partial charge on any atom is -0.465 e. The molecule has 29 heavy (non-hydrogen) atoms. The first-order valence-electron chi connectivity index (χ1n) is 10.7. The van der Waals surface area contributed by atoms with E-state index in [0.717, 1.165) is 56.1 Å². The number of allylic oxidation sites excluding steroid dienone is 2. The Hall–Kier alpha value is -2.27. The van der Waals surface area contributed by atoms with Crippen LogP contribution in [0.3, 0.4) is 0 Å². The Morgan fingerprint density at radius 3 is 2.79 bits per heavy atom. The van der Waals surface area contributed by atoms with Crippen molar-refractivity contribution in [2.45, 2.75) is 70.8 Å². The van der Waals surface area contributed by atoms with E-state index in [1.807, 2.05) is 6.07 Å². The second-order valence-corrected chi connectivity index (χ2v) is 7.88. The van der Waals surface area contributed by atoms with Crippen molar-refractivity contribution in [3.8, 4) is 11.5 Å². The Bertz CT molecular complexity index is 748. The fourth-order valence-corrected chi connectivity index (χ4v) is 3.80. The van der Waals surface area contributed by atoms with Gasteiger partial charge in [-0.25, -0.2) is 4.79 Å². The van der Waals surface area contributed by atoms with Crippen molar-refractivity contribution in [1.29, 1.82) is 0 Å². The fourth-order valence-electron chi connectivity index (χ4n) is 3.80. The molecule has 0 aromatic heterocycles. The molecule has 1 aromatic rings. The van der Waals surface area contributed by atoms with Gasteiger partial charge in [-0.05, 0) is 56.7 Å². The molecule has 5 heteroatoms. The molecule has 1 aliphatic heterocycles. The second kappa shape index (κ2) is 10.5. The molecule has 1 aromatic carbocycles. The fraction of sp³-hybridized carbons (Fsp3) is 0.542. The summed E-state index contributed by atoms with van der Waals surface area (Å²) in [5, 5.41) is 0. The molecule has 0 N–H and O–H groups in total. The smallest absolute Gasteiger partial charge is 0.465 e. The Morgan fingerprint density at radius 1 is 1.31 bits per heavy atom. The Kier molecular flexibility index (Phi) is 7.76. The molecule has 2 atom stereocenters. The van der Waals surface area contributed by atoms with Gasteiger partial charge in [0.1, 0.15) is 24.2 Å². The lowest BCUT2D eigenvalue weighted by Crippen LogP contribution is -2.16. The zero-order chi connectivity index (χ0) is 20.6. The number of rotatable bonds is 10. The van der Waals surface area contributed by atoms with E-state index < -0.39 is 6.16 Å². The van der Waals surface area contributed by atoms with Crippen molar-refractivity contribution < 1.29 is 23.7 Å². The summed E-state index contributed by atoms with van der Waals surface area (Å²) in [4.78, 5) is 12.3. The Morgan fingerprint density at radius 2 is 2.10 bits per heavy atom. The molecule has 1 heterocycles. The summed E-state index contributed by atoms with van der Waals surface area (Å²) in [6, 6.07) is 4.02. The number of aryl methyl sites for hydroxylation is 1. The van der Waals surface area contributed by atoms with Crippen LogP contribution in [-0.2, 0) is 15.9 Å². The minimum absolute atomic E-state index is 0.00554. The number of epoxide rings is 1. The molecule has 0 radical (unpaired) electrons. The van der Waals surface area contributed by atoms with E-state index >= 15 is 0 Å². The number of ether oxygens (including phenoxy) is 4. The van der Waals surface area contributed by atoms with E-state index in [1.165, 1.54) is 11.8 Å². The van der Waals surface area contributed by atoms with Gasteiger partial charge < -0.3 is 18.9 Å². The topological polar surface area (TPSA) is 57.3 Å². The maximum absolute atomic E-state index is 12.3. The summed E-state index contributed by atoms with van der Waals surface area (Å²) < 4.78 is 21.8. The van der Waals surface area contributed by atoms with Crippen LogP contribution >= 0.6 is 0 Å². The molecule has 158 valence electrons. The number of carbonyl (C=O) groups is 1. The zero-order valence-electron chi connectivity index (χ0n) is 17.6. The monoisotopic (exact) mass is 400 g/mol. The van der Waals surface area contributed by atoms with Gasteiger partial charge in [0, 0.05) is 11.5 Å². The van der Waals surface area contributed by atoms with Crippen LogP contribution in [0.4, 0.5) is 4.79 Å². The first kappa shape index (κ1) is 21.4. The minimum atomic E-state index is -0.700. The van der Waals surface area contributed by atoms with Crippen LogP contribution in [0.5, 0.6) is 11.5 Å². The van der Waals surface area contributed by atoms with E-state index in [1.54, 1.807) is 0 Å². The normalized spacial score (nSPS) is 20.6. The average Bonchev–Trinajstić information content (AvgIpc) is 3.51. The van der Waals surface area contributed by atoms with Gasteiger partial charge in [-0.3, -0.25) is 0 Å². The Balaban J connectivity index is 1.90. The highest BCUT2D eigenvalue weighted by Gasteiger charge is 2.27. The third-order valence-electron chi connectivity index (χ3n) is 5.37. The zero-order valence-corrected chi connectivity index (χ0v) is 17.6. The van der Waals surface area contributed by atoms with E-state index in [9.17, 15) is 4.79 Å². The van der Waals surface area contributed by atoms with Gasteiger partial charge in [0.25, 0.3) is 0 Å². The molecule has 5 nitrogen and oxygen atoms in total. The van der Waals surface area contributed by atoms with Crippen molar-refractivity contribution in [1.82, 2.24) is 0 Å². The maximum Gasteiger partial charge on any atom is 0.513 e. The van der Waals surface area contributed by atoms with Gasteiger partial charge in [0.05, 0.1) is 12.9 Å². The number of carbonyl (C=O) groups excluding carboxylic acids is 1. The lowest BCUT2D eigenvalue weighted by molar-refractivity contribution is 0.0914. The summed E-state index contributed by atoms with van der Waals surface area (Å²) in [5.41, 5.74) is 3.32. The van der Waals surface area contributed by atoms with Gasteiger partial charge in [-0.15, -0.1) is 0 Å². The van der Waals surface area contributed by atoms with Crippen LogP contribution in [0.15, 0.2) is 36.6 Å². The lowest BCUT2D eigenvalue weighted by Gasteiger charge is -2.24. The molecular formula is C24H32O5. The highest BCUT2D eigenvalue weighted by Crippen LogP contribution is 2.43. The number of unbranched alkanes of at least 4 members (excludes halogenated alkanes) is 2. The van der Waals surface area contributed by atoms with E-state index in [2.05, 4.69) is 32.6 Å². The summed E-state index contributed by atoms with van der Waals surface area (Å²) >= 11 is 0. The van der Waals surface area contributed by atoms with Crippen LogP contribution in [-0.4, -0.2) is 25.5 Å². The van der Waals surface area contributed by atoms with Crippen LogP contribution in [0.1, 0.15) is 69.4 Å². The van der Waals surface area contributed by atoms with Crippen LogP contribution in [0.2, 0.25) is 0 Å². The third kappa shape index (κ3) is 6.36. The summed E-state index contributed by atoms with van der Waals surface area (Å²) in [6.07, 6.45) is 10.5. The highest BCUT2D eigenvalue weighted by molar-refractivity contribution is 5.66. The van der Waals surface area contributed by atoms with Crippen molar-refractivity contribution in [3.05, 3.63) is 47.7 Å². The predicted molar refractivity (Wildman–Crippen MR) is 113 cm³/mol. The second-order valence-electron chi connectivity index (χ2n) is 7.88. The van der Waals surface area contributed by atoms with Gasteiger partial charge in [-0.2, -0.15) is 0 Å². The van der Waals surface area contributed by atoms with Crippen molar-refractivity contribution >= 4 is 6.16 Å². The highest BCUT2D eigenvalue weighted by atomic mass is 16.7. The molecule has 3 rings (SSSR count). The lowest BCUT2D eigenvalue weighted by atomic mass is 9.84. The van der Waals surface area contributed by atoms with Gasteiger partial charge in [-0.1, -0.05) is 38.0 Å². The predicted octanol–water partition coefficient (Wildman–Crippen LogP) is 6.07. The standard InChI is InChI=1S/C24H32O5/c1-4-6-7-10-18-13-21(26-5-2)23(19-11-8-9-17(3)12-19)22(14-18)29-24(25)28-16-20-15-27-20/h5,12-14,19-20H,2,4,6-11,15-16H2,1,3H3/t19-,20?/m0/s1. The van der Waals surface area contributed by atoms with Crippen LogP contribution in [0, 0.1) is 0 Å². The van der Waals surface area contributed by atoms with Crippen LogP contribution in [0.25, 0.3) is 0 Å². The first-order valence-corrected chi connectivity index (χ1v) is 10.7. The summed E-state index contributed by atoms with van der Waals surface area (Å²) in [5.74, 6) is 1.37. The first-order chi connectivity index (χ1) is 14.1. The molecule has 1 unspecified atom stereocenters. The van der Waals surface area contributed by atoms with Gasteiger partial charge in [0.2, 0.25) is 0 Å². The number of hydrogen-bond acceptors (Lipinski definition) is 5. The third-order valence-corrected chi connectivity index (χ3v) is 5.37. The van der Waals surface area contributed by atoms with Crippen molar-refractivity contribution in [2.24, 2.45) is 0 Å².